The van der Waals surface area contributed by atoms with Crippen LogP contribution in [0.5, 0.6) is 5.75 Å². The van der Waals surface area contributed by atoms with Crippen molar-refractivity contribution < 1.29 is 9.53 Å². The summed E-state index contributed by atoms with van der Waals surface area (Å²) in [5.74, 6) is 0.458. The van der Waals surface area contributed by atoms with Gasteiger partial charge in [-0.05, 0) is 24.3 Å². The number of carbonyl (C=O) groups excluding carboxylic acids is 1. The third-order valence-corrected chi connectivity index (χ3v) is 3.10. The summed E-state index contributed by atoms with van der Waals surface area (Å²) in [7, 11) is 1.60. The highest BCUT2D eigenvalue weighted by atomic mass is 16.5. The smallest absolute Gasteiger partial charge is 0.272 e. The van der Waals surface area contributed by atoms with Crippen LogP contribution in [-0.2, 0) is 0 Å². The summed E-state index contributed by atoms with van der Waals surface area (Å²) < 4.78 is 6.52. The van der Waals surface area contributed by atoms with E-state index in [0.29, 0.717) is 16.8 Å². The molecule has 104 valence electrons. The van der Waals surface area contributed by atoms with Crippen molar-refractivity contribution >= 4 is 23.0 Å². The first-order valence-corrected chi connectivity index (χ1v) is 6.45. The summed E-state index contributed by atoms with van der Waals surface area (Å²) in [5.41, 5.74) is 2.21. The van der Waals surface area contributed by atoms with Crippen LogP contribution < -0.4 is 4.74 Å². The molecule has 0 aliphatic rings. The number of ether oxygens (including phenoxy) is 1. The van der Waals surface area contributed by atoms with E-state index in [1.807, 2.05) is 48.5 Å². The van der Waals surface area contributed by atoms with Crippen LogP contribution in [0.25, 0.3) is 17.1 Å². The van der Waals surface area contributed by atoms with Crippen LogP contribution in [0, 0.1) is 0 Å². The molecule has 0 fully saturated rings. The maximum absolute atomic E-state index is 12.2. The molecule has 0 unspecified atom stereocenters. The van der Waals surface area contributed by atoms with Gasteiger partial charge in [-0.1, -0.05) is 35.5 Å². The molecule has 2 aromatic carbocycles. The molecule has 0 amide bonds. The van der Waals surface area contributed by atoms with E-state index in [1.165, 1.54) is 10.8 Å². The van der Waals surface area contributed by atoms with E-state index in [-0.39, 0.29) is 5.91 Å². The van der Waals surface area contributed by atoms with Gasteiger partial charge < -0.3 is 4.74 Å². The third-order valence-electron chi connectivity index (χ3n) is 3.10. The zero-order valence-electron chi connectivity index (χ0n) is 11.4. The molecule has 0 aliphatic heterocycles. The number of carbonyl (C=O) groups is 1. The molecule has 3 aromatic rings. The minimum atomic E-state index is -0.255. The topological polar surface area (TPSA) is 57.0 Å². The normalized spacial score (nSPS) is 11.1. The largest absolute Gasteiger partial charge is 0.496 e. The zero-order valence-corrected chi connectivity index (χ0v) is 11.4. The Morgan fingerprint density at radius 1 is 1.14 bits per heavy atom. The monoisotopic (exact) mass is 279 g/mol. The lowest BCUT2D eigenvalue weighted by atomic mass is 10.2. The lowest BCUT2D eigenvalue weighted by Crippen LogP contribution is -2.08. The minimum absolute atomic E-state index is 0.255. The summed E-state index contributed by atoms with van der Waals surface area (Å²) in [6.45, 7) is 0. The Balaban J connectivity index is 1.91. The second-order valence-corrected chi connectivity index (χ2v) is 4.40. The van der Waals surface area contributed by atoms with Gasteiger partial charge in [-0.15, -0.1) is 5.10 Å². The fourth-order valence-electron chi connectivity index (χ4n) is 2.07. The number of fused-ring (bicyclic) bond motifs is 1. The van der Waals surface area contributed by atoms with Gasteiger partial charge in [0.25, 0.3) is 5.91 Å². The molecule has 21 heavy (non-hydrogen) atoms. The molecule has 0 spiro atoms. The third kappa shape index (κ3) is 2.53. The van der Waals surface area contributed by atoms with Crippen LogP contribution in [0.2, 0.25) is 0 Å². The number of para-hydroxylation sites is 2. The van der Waals surface area contributed by atoms with Crippen molar-refractivity contribution in [3.8, 4) is 5.75 Å². The number of rotatable bonds is 3. The molecular weight excluding hydrogens is 266 g/mol. The highest BCUT2D eigenvalue weighted by molar-refractivity contribution is 5.98. The van der Waals surface area contributed by atoms with Crippen molar-refractivity contribution in [2.45, 2.75) is 0 Å². The Morgan fingerprint density at radius 3 is 2.76 bits per heavy atom. The maximum atomic E-state index is 12.2. The molecule has 1 heterocycles. The SMILES string of the molecule is COc1ccccc1/C=C/C(=O)n1nnc2ccccc21. The fraction of sp³-hybridized carbons (Fsp3) is 0.0625. The molecular formula is C16H13N3O2. The van der Waals surface area contributed by atoms with Crippen LogP contribution in [0.4, 0.5) is 0 Å². The number of methoxy groups -OCH3 is 1. The van der Waals surface area contributed by atoms with Gasteiger partial charge in [-0.2, -0.15) is 4.68 Å². The van der Waals surface area contributed by atoms with E-state index < -0.39 is 0 Å². The van der Waals surface area contributed by atoms with Crippen LogP contribution in [0.3, 0.4) is 0 Å². The van der Waals surface area contributed by atoms with Crippen LogP contribution in [0.15, 0.2) is 54.6 Å². The molecule has 3 rings (SSSR count). The molecule has 0 N–H and O–H groups in total. The van der Waals surface area contributed by atoms with Crippen LogP contribution in [0.1, 0.15) is 10.4 Å². The second kappa shape index (κ2) is 5.58. The van der Waals surface area contributed by atoms with Crippen molar-refractivity contribution in [1.29, 1.82) is 0 Å². The van der Waals surface area contributed by atoms with Gasteiger partial charge in [0.15, 0.2) is 0 Å². The van der Waals surface area contributed by atoms with Crippen molar-refractivity contribution in [1.82, 2.24) is 15.0 Å². The van der Waals surface area contributed by atoms with E-state index in [0.717, 1.165) is 5.56 Å². The average Bonchev–Trinajstić information content (AvgIpc) is 2.97. The van der Waals surface area contributed by atoms with E-state index >= 15 is 0 Å². The number of benzene rings is 2. The lowest BCUT2D eigenvalue weighted by molar-refractivity contribution is 0.0958. The van der Waals surface area contributed by atoms with Crippen molar-refractivity contribution in [2.75, 3.05) is 7.11 Å². The predicted molar refractivity (Wildman–Crippen MR) is 80.2 cm³/mol. The maximum Gasteiger partial charge on any atom is 0.272 e. The molecule has 0 bridgehead atoms. The Hall–Kier alpha value is -2.95. The quantitative estimate of drug-likeness (QED) is 0.692. The molecule has 0 atom stereocenters. The Kier molecular flexibility index (Phi) is 3.47. The van der Waals surface area contributed by atoms with Crippen molar-refractivity contribution in [3.63, 3.8) is 0 Å². The molecule has 0 saturated carbocycles. The predicted octanol–water partition coefficient (Wildman–Crippen LogP) is 2.79. The van der Waals surface area contributed by atoms with Gasteiger partial charge in [-0.3, -0.25) is 4.79 Å². The molecule has 5 heteroatoms. The van der Waals surface area contributed by atoms with Crippen LogP contribution >= 0.6 is 0 Å². The first-order valence-electron chi connectivity index (χ1n) is 6.45. The molecule has 0 aliphatic carbocycles. The highest BCUT2D eigenvalue weighted by Crippen LogP contribution is 2.19. The highest BCUT2D eigenvalue weighted by Gasteiger charge is 2.08. The van der Waals surface area contributed by atoms with Gasteiger partial charge >= 0.3 is 0 Å². The molecule has 0 radical (unpaired) electrons. The van der Waals surface area contributed by atoms with E-state index in [1.54, 1.807) is 13.2 Å². The van der Waals surface area contributed by atoms with Crippen molar-refractivity contribution in [2.24, 2.45) is 0 Å². The minimum Gasteiger partial charge on any atom is -0.496 e. The second-order valence-electron chi connectivity index (χ2n) is 4.40. The van der Waals surface area contributed by atoms with E-state index in [2.05, 4.69) is 10.3 Å². The number of allylic oxidation sites excluding steroid dienone is 1. The van der Waals surface area contributed by atoms with Gasteiger partial charge in [0.1, 0.15) is 11.3 Å². The Morgan fingerprint density at radius 2 is 1.90 bits per heavy atom. The summed E-state index contributed by atoms with van der Waals surface area (Å²) in [4.78, 5) is 12.2. The first-order chi connectivity index (χ1) is 10.3. The zero-order chi connectivity index (χ0) is 14.7. The number of aromatic nitrogens is 3. The molecule has 0 saturated heterocycles. The fourth-order valence-corrected chi connectivity index (χ4v) is 2.07. The van der Waals surface area contributed by atoms with Crippen molar-refractivity contribution in [3.05, 3.63) is 60.2 Å². The number of nitrogens with zero attached hydrogens (tertiary/aromatic N) is 3. The Labute approximate surface area is 121 Å². The summed E-state index contributed by atoms with van der Waals surface area (Å²) in [6, 6.07) is 14.8. The molecule has 1 aromatic heterocycles. The van der Waals surface area contributed by atoms with E-state index in [4.69, 9.17) is 4.74 Å². The van der Waals surface area contributed by atoms with Gasteiger partial charge in [0, 0.05) is 11.6 Å². The number of hydrogen-bond acceptors (Lipinski definition) is 4. The van der Waals surface area contributed by atoms with Gasteiger partial charge in [0.05, 0.1) is 12.6 Å². The first kappa shape index (κ1) is 13.1. The molecule has 5 nitrogen and oxygen atoms in total. The standard InChI is InChI=1S/C16H13N3O2/c1-21-15-9-5-2-6-12(15)10-11-16(20)19-14-8-4-3-7-13(14)17-18-19/h2-11H,1H3/b11-10+. The number of hydrogen-bond donors (Lipinski definition) is 0. The van der Waals surface area contributed by atoms with E-state index in [9.17, 15) is 4.79 Å². The average molecular weight is 279 g/mol. The lowest BCUT2D eigenvalue weighted by Gasteiger charge is -2.03. The summed E-state index contributed by atoms with van der Waals surface area (Å²) in [5, 5.41) is 7.85. The summed E-state index contributed by atoms with van der Waals surface area (Å²) in [6.07, 6.45) is 3.16. The van der Waals surface area contributed by atoms with Gasteiger partial charge in [-0.25, -0.2) is 0 Å². The van der Waals surface area contributed by atoms with Crippen LogP contribution in [-0.4, -0.2) is 28.0 Å². The Bertz CT molecular complexity index is 821. The summed E-state index contributed by atoms with van der Waals surface area (Å²) >= 11 is 0. The van der Waals surface area contributed by atoms with Gasteiger partial charge in [0.2, 0.25) is 0 Å².